The van der Waals surface area contributed by atoms with E-state index in [1.807, 2.05) is 31.2 Å². The summed E-state index contributed by atoms with van der Waals surface area (Å²) >= 11 is 0. The van der Waals surface area contributed by atoms with Crippen LogP contribution in [-0.4, -0.2) is 99.3 Å². The van der Waals surface area contributed by atoms with Gasteiger partial charge in [0.25, 0.3) is 5.91 Å². The maximum atomic E-state index is 13.0. The number of carbonyl (C=O) groups is 1. The SMILES string of the molecule is C=CCOCC(O)CN1CCOC(CN(CCOC)C(=O)c2ccc(C)cc2)C1. The Bertz CT molecular complexity index is 622. The van der Waals surface area contributed by atoms with Crippen LogP contribution in [0.1, 0.15) is 15.9 Å². The monoisotopic (exact) mass is 406 g/mol. The van der Waals surface area contributed by atoms with Crippen LogP contribution in [0.4, 0.5) is 0 Å². The summed E-state index contributed by atoms with van der Waals surface area (Å²) in [4.78, 5) is 16.9. The van der Waals surface area contributed by atoms with Crippen LogP contribution < -0.4 is 0 Å². The maximum absolute atomic E-state index is 13.0. The fraction of sp³-hybridized carbons (Fsp3) is 0.591. The minimum atomic E-state index is -0.563. The lowest BCUT2D eigenvalue weighted by Crippen LogP contribution is -2.51. The quantitative estimate of drug-likeness (QED) is 0.417. The minimum Gasteiger partial charge on any atom is -0.389 e. The highest BCUT2D eigenvalue weighted by molar-refractivity contribution is 5.94. The maximum Gasteiger partial charge on any atom is 0.254 e. The van der Waals surface area contributed by atoms with Crippen LogP contribution in [0.3, 0.4) is 0 Å². The van der Waals surface area contributed by atoms with Crippen molar-refractivity contribution >= 4 is 5.91 Å². The second-order valence-electron chi connectivity index (χ2n) is 7.34. The third-order valence-corrected chi connectivity index (χ3v) is 4.81. The van der Waals surface area contributed by atoms with E-state index in [0.717, 1.165) is 12.1 Å². The Morgan fingerprint density at radius 2 is 2.21 bits per heavy atom. The number of amides is 1. The summed E-state index contributed by atoms with van der Waals surface area (Å²) in [6.45, 7) is 10.2. The molecule has 1 aliphatic heterocycles. The molecule has 2 rings (SSSR count). The Morgan fingerprint density at radius 1 is 1.45 bits per heavy atom. The zero-order valence-electron chi connectivity index (χ0n) is 17.6. The lowest BCUT2D eigenvalue weighted by Gasteiger charge is -2.36. The van der Waals surface area contributed by atoms with Gasteiger partial charge < -0.3 is 24.2 Å². The molecule has 0 spiro atoms. The Morgan fingerprint density at radius 3 is 2.90 bits per heavy atom. The number of methoxy groups -OCH3 is 1. The number of aliphatic hydroxyl groups is 1. The highest BCUT2D eigenvalue weighted by Gasteiger charge is 2.26. The number of aliphatic hydroxyl groups excluding tert-OH is 1. The molecule has 7 nitrogen and oxygen atoms in total. The van der Waals surface area contributed by atoms with Crippen LogP contribution in [0.15, 0.2) is 36.9 Å². The van der Waals surface area contributed by atoms with Gasteiger partial charge in [0, 0.05) is 45.4 Å². The molecule has 7 heteroatoms. The molecule has 0 saturated carbocycles. The van der Waals surface area contributed by atoms with Crippen molar-refractivity contribution in [2.24, 2.45) is 0 Å². The number of ether oxygens (including phenoxy) is 3. The van der Waals surface area contributed by atoms with E-state index in [2.05, 4.69) is 11.5 Å². The number of carbonyl (C=O) groups excluding carboxylic acids is 1. The van der Waals surface area contributed by atoms with E-state index in [1.54, 1.807) is 18.1 Å². The van der Waals surface area contributed by atoms with Crippen molar-refractivity contribution in [3.05, 3.63) is 48.0 Å². The average molecular weight is 407 g/mol. The Labute approximate surface area is 173 Å². The number of β-amino-alcohol motifs (C(OH)–C–C–N with tert-alkyl or cyclic N) is 1. The predicted molar refractivity (Wildman–Crippen MR) is 112 cm³/mol. The molecule has 0 aromatic heterocycles. The van der Waals surface area contributed by atoms with Gasteiger partial charge in [-0.05, 0) is 19.1 Å². The standard InChI is InChI=1S/C22H34N2O5/c1-4-11-28-17-20(25)14-23-9-13-29-21(15-23)16-24(10-12-27-3)22(26)19-7-5-18(2)6-8-19/h4-8,20-21,25H,1,9-17H2,2-3H3. The molecule has 0 aliphatic carbocycles. The van der Waals surface area contributed by atoms with E-state index >= 15 is 0 Å². The summed E-state index contributed by atoms with van der Waals surface area (Å²) in [5.74, 6) is -0.0272. The molecule has 0 bridgehead atoms. The lowest BCUT2D eigenvalue weighted by molar-refractivity contribution is -0.0585. The van der Waals surface area contributed by atoms with Crippen LogP contribution in [0.25, 0.3) is 0 Å². The number of benzene rings is 1. The van der Waals surface area contributed by atoms with E-state index in [1.165, 1.54) is 0 Å². The van der Waals surface area contributed by atoms with Crippen molar-refractivity contribution in [3.8, 4) is 0 Å². The first kappa shape index (κ1) is 23.5. The molecule has 29 heavy (non-hydrogen) atoms. The number of hydrogen-bond acceptors (Lipinski definition) is 6. The second-order valence-corrected chi connectivity index (χ2v) is 7.34. The zero-order valence-corrected chi connectivity index (χ0v) is 17.6. The zero-order chi connectivity index (χ0) is 21.1. The highest BCUT2D eigenvalue weighted by atomic mass is 16.5. The van der Waals surface area contributed by atoms with E-state index in [-0.39, 0.29) is 18.6 Å². The highest BCUT2D eigenvalue weighted by Crippen LogP contribution is 2.12. The molecule has 0 radical (unpaired) electrons. The molecule has 1 saturated heterocycles. The summed E-state index contributed by atoms with van der Waals surface area (Å²) in [7, 11) is 1.63. The first-order chi connectivity index (χ1) is 14.0. The summed E-state index contributed by atoms with van der Waals surface area (Å²) in [5, 5.41) is 10.1. The molecule has 1 amide bonds. The Balaban J connectivity index is 1.92. The molecular weight excluding hydrogens is 372 g/mol. The first-order valence-electron chi connectivity index (χ1n) is 10.1. The Hall–Kier alpha value is -1.77. The van der Waals surface area contributed by atoms with Crippen molar-refractivity contribution in [2.75, 3.05) is 66.3 Å². The third-order valence-electron chi connectivity index (χ3n) is 4.81. The van der Waals surface area contributed by atoms with Gasteiger partial charge in [-0.15, -0.1) is 6.58 Å². The molecular formula is C22H34N2O5. The van der Waals surface area contributed by atoms with Crippen LogP contribution in [-0.2, 0) is 14.2 Å². The summed E-state index contributed by atoms with van der Waals surface area (Å²) in [5.41, 5.74) is 1.78. The molecule has 1 heterocycles. The van der Waals surface area contributed by atoms with E-state index < -0.39 is 6.10 Å². The van der Waals surface area contributed by atoms with E-state index in [0.29, 0.717) is 51.6 Å². The van der Waals surface area contributed by atoms with Crippen molar-refractivity contribution in [1.29, 1.82) is 0 Å². The normalized spacial score (nSPS) is 18.4. The van der Waals surface area contributed by atoms with E-state index in [4.69, 9.17) is 14.2 Å². The number of aryl methyl sites for hydroxylation is 1. The smallest absolute Gasteiger partial charge is 0.254 e. The fourth-order valence-electron chi connectivity index (χ4n) is 3.30. The average Bonchev–Trinajstić information content (AvgIpc) is 2.71. The molecule has 1 aliphatic rings. The van der Waals surface area contributed by atoms with Gasteiger partial charge in [-0.2, -0.15) is 0 Å². The number of nitrogens with zero attached hydrogens (tertiary/aromatic N) is 2. The van der Waals surface area contributed by atoms with Gasteiger partial charge in [0.2, 0.25) is 0 Å². The van der Waals surface area contributed by atoms with Gasteiger partial charge in [-0.3, -0.25) is 9.69 Å². The number of morpholine rings is 1. The minimum absolute atomic E-state index is 0.0272. The summed E-state index contributed by atoms with van der Waals surface area (Å²) in [6, 6.07) is 7.59. The van der Waals surface area contributed by atoms with Crippen molar-refractivity contribution in [2.45, 2.75) is 19.1 Å². The van der Waals surface area contributed by atoms with Crippen LogP contribution >= 0.6 is 0 Å². The number of hydrogen-bond donors (Lipinski definition) is 1. The van der Waals surface area contributed by atoms with Crippen molar-refractivity contribution in [3.63, 3.8) is 0 Å². The van der Waals surface area contributed by atoms with Crippen LogP contribution in [0.5, 0.6) is 0 Å². The molecule has 162 valence electrons. The molecule has 1 aromatic carbocycles. The van der Waals surface area contributed by atoms with Crippen molar-refractivity contribution < 1.29 is 24.1 Å². The van der Waals surface area contributed by atoms with Crippen molar-refractivity contribution in [1.82, 2.24) is 9.80 Å². The van der Waals surface area contributed by atoms with Gasteiger partial charge in [0.1, 0.15) is 0 Å². The van der Waals surface area contributed by atoms with Gasteiger partial charge in [0.15, 0.2) is 0 Å². The molecule has 1 fully saturated rings. The van der Waals surface area contributed by atoms with E-state index in [9.17, 15) is 9.90 Å². The van der Waals surface area contributed by atoms with Gasteiger partial charge in [-0.25, -0.2) is 0 Å². The van der Waals surface area contributed by atoms with Crippen LogP contribution in [0, 0.1) is 6.92 Å². The predicted octanol–water partition coefficient (Wildman–Crippen LogP) is 1.35. The lowest BCUT2D eigenvalue weighted by atomic mass is 10.1. The Kier molecular flexibility index (Phi) is 10.3. The van der Waals surface area contributed by atoms with Gasteiger partial charge in [0.05, 0.1) is 38.6 Å². The second kappa shape index (κ2) is 12.7. The topological polar surface area (TPSA) is 71.5 Å². The molecule has 1 aromatic rings. The molecule has 2 unspecified atom stereocenters. The van der Waals surface area contributed by atoms with Gasteiger partial charge >= 0.3 is 0 Å². The largest absolute Gasteiger partial charge is 0.389 e. The molecule has 2 atom stereocenters. The first-order valence-corrected chi connectivity index (χ1v) is 10.1. The summed E-state index contributed by atoms with van der Waals surface area (Å²) in [6.07, 6.45) is 0.987. The van der Waals surface area contributed by atoms with Crippen LogP contribution in [0.2, 0.25) is 0 Å². The summed E-state index contributed by atoms with van der Waals surface area (Å²) < 4.78 is 16.4. The number of rotatable bonds is 12. The third kappa shape index (κ3) is 8.24. The molecule has 1 N–H and O–H groups in total. The fourth-order valence-corrected chi connectivity index (χ4v) is 3.30. The van der Waals surface area contributed by atoms with Gasteiger partial charge in [-0.1, -0.05) is 23.8 Å².